The molecule has 1 aromatic carbocycles. The summed E-state index contributed by atoms with van der Waals surface area (Å²) >= 11 is 0. The number of carbonyl (C=O) groups excluding carboxylic acids is 2. The van der Waals surface area contributed by atoms with E-state index in [2.05, 4.69) is 5.32 Å². The van der Waals surface area contributed by atoms with Crippen LogP contribution in [0.2, 0.25) is 0 Å². The summed E-state index contributed by atoms with van der Waals surface area (Å²) in [6.07, 6.45) is 1.24. The number of hydrogen-bond acceptors (Lipinski definition) is 6. The van der Waals surface area contributed by atoms with E-state index in [0.717, 1.165) is 22.1 Å². The fraction of sp³-hybridized carbons (Fsp3) is 0.385. The summed E-state index contributed by atoms with van der Waals surface area (Å²) in [7, 11) is 0. The smallest absolute Gasteiger partial charge is 0.343 e. The number of carbonyl (C=O) groups is 2. The molecule has 3 aliphatic rings. The van der Waals surface area contributed by atoms with Gasteiger partial charge in [-0.2, -0.15) is 0 Å². The van der Waals surface area contributed by atoms with E-state index in [9.17, 15) is 23.9 Å². The normalized spacial score (nSPS) is 21.9. The van der Waals surface area contributed by atoms with Crippen LogP contribution in [-0.2, 0) is 39.5 Å². The van der Waals surface area contributed by atoms with Crippen LogP contribution in [0.25, 0.3) is 22.3 Å². The van der Waals surface area contributed by atoms with Crippen LogP contribution in [-0.4, -0.2) is 26.5 Å². The second kappa shape index (κ2) is 7.21. The van der Waals surface area contributed by atoms with E-state index in [4.69, 9.17) is 9.72 Å². The number of aryl methyl sites for hydroxylation is 1. The van der Waals surface area contributed by atoms with E-state index in [1.807, 2.05) is 0 Å². The third kappa shape index (κ3) is 2.81. The van der Waals surface area contributed by atoms with Gasteiger partial charge in [0.05, 0.1) is 35.1 Å². The Hall–Kier alpha value is -3.59. The minimum Gasteiger partial charge on any atom is -0.458 e. The van der Waals surface area contributed by atoms with Crippen molar-refractivity contribution in [2.24, 2.45) is 0 Å². The van der Waals surface area contributed by atoms with Gasteiger partial charge in [0, 0.05) is 29.5 Å². The lowest BCUT2D eigenvalue weighted by Gasteiger charge is -2.31. The van der Waals surface area contributed by atoms with Crippen LogP contribution in [0.3, 0.4) is 0 Å². The Kier molecular flexibility index (Phi) is 4.51. The Balaban J connectivity index is 1.68. The van der Waals surface area contributed by atoms with Crippen molar-refractivity contribution in [3.8, 4) is 11.4 Å². The number of pyridine rings is 2. The Morgan fingerprint density at radius 3 is 2.80 bits per heavy atom. The Bertz CT molecular complexity index is 1560. The highest BCUT2D eigenvalue weighted by Gasteiger charge is 2.46. The minimum atomic E-state index is -1.93. The Morgan fingerprint density at radius 2 is 2.09 bits per heavy atom. The zero-order chi connectivity index (χ0) is 24.8. The van der Waals surface area contributed by atoms with Crippen molar-refractivity contribution in [2.45, 2.75) is 64.8 Å². The van der Waals surface area contributed by atoms with Crippen molar-refractivity contribution in [3.05, 3.63) is 61.7 Å². The molecule has 0 fully saturated rings. The minimum absolute atomic E-state index is 0.0451. The number of aromatic nitrogens is 2. The molecule has 2 aromatic heterocycles. The largest absolute Gasteiger partial charge is 0.458 e. The third-order valence-corrected chi connectivity index (χ3v) is 7.76. The number of rotatable bonds is 2. The zero-order valence-electron chi connectivity index (χ0n) is 19.6. The lowest BCUT2D eigenvalue weighted by Crippen LogP contribution is -2.44. The van der Waals surface area contributed by atoms with Crippen molar-refractivity contribution >= 4 is 22.8 Å². The second-order valence-electron chi connectivity index (χ2n) is 9.60. The molecule has 9 heteroatoms. The molecule has 2 N–H and O–H groups in total. The Morgan fingerprint density at radius 1 is 1.31 bits per heavy atom. The van der Waals surface area contributed by atoms with E-state index in [-0.39, 0.29) is 54.0 Å². The molecule has 0 unspecified atom stereocenters. The molecular formula is C26H24FN3O5. The first kappa shape index (κ1) is 21.9. The first-order valence-electron chi connectivity index (χ1n) is 11.7. The van der Waals surface area contributed by atoms with E-state index in [1.165, 1.54) is 13.0 Å². The molecule has 2 atom stereocenters. The molecule has 2 aliphatic heterocycles. The van der Waals surface area contributed by atoms with Crippen LogP contribution >= 0.6 is 0 Å². The summed E-state index contributed by atoms with van der Waals surface area (Å²) in [6.45, 7) is 4.86. The predicted octanol–water partition coefficient (Wildman–Crippen LogP) is 2.65. The molecule has 0 bridgehead atoms. The van der Waals surface area contributed by atoms with Crippen LogP contribution in [0.1, 0.15) is 66.1 Å². The monoisotopic (exact) mass is 477 g/mol. The van der Waals surface area contributed by atoms with Crippen LogP contribution in [0.4, 0.5) is 4.39 Å². The van der Waals surface area contributed by atoms with E-state index in [0.29, 0.717) is 35.3 Å². The zero-order valence-corrected chi connectivity index (χ0v) is 19.6. The maximum atomic E-state index is 14.8. The van der Waals surface area contributed by atoms with Gasteiger partial charge in [-0.15, -0.1) is 0 Å². The van der Waals surface area contributed by atoms with Crippen molar-refractivity contribution in [1.82, 2.24) is 14.9 Å². The standard InChI is InChI=1S/C26H24FN3O5/c1-4-26(34)16-7-20-23-14(9-30(20)24(32)15(16)10-35-25(26)33)22-18(28-12(3)31)6-5-13-11(2)17(27)8-19(29-23)21(13)22/h7-8,18,34H,4-6,9-10H2,1-3H3,(H,28,31)/t18-,26-/m1/s1. The van der Waals surface area contributed by atoms with Gasteiger partial charge in [-0.1, -0.05) is 6.92 Å². The topological polar surface area (TPSA) is 111 Å². The van der Waals surface area contributed by atoms with Gasteiger partial charge < -0.3 is 19.7 Å². The summed E-state index contributed by atoms with van der Waals surface area (Å²) in [4.78, 5) is 42.8. The maximum Gasteiger partial charge on any atom is 0.343 e. The number of esters is 1. The molecule has 0 saturated carbocycles. The fourth-order valence-corrected chi connectivity index (χ4v) is 5.94. The van der Waals surface area contributed by atoms with Gasteiger partial charge in [0.2, 0.25) is 5.91 Å². The molecule has 0 spiro atoms. The third-order valence-electron chi connectivity index (χ3n) is 7.76. The number of fused-ring (bicyclic) bond motifs is 5. The summed E-state index contributed by atoms with van der Waals surface area (Å²) in [5, 5.41) is 14.9. The summed E-state index contributed by atoms with van der Waals surface area (Å²) in [5.41, 5.74) is 2.66. The van der Waals surface area contributed by atoms with Gasteiger partial charge in [-0.05, 0) is 48.9 Å². The number of aliphatic hydroxyl groups is 1. The average molecular weight is 477 g/mol. The van der Waals surface area contributed by atoms with Crippen LogP contribution in [0.15, 0.2) is 16.9 Å². The number of nitrogens with zero attached hydrogens (tertiary/aromatic N) is 2. The second-order valence-corrected chi connectivity index (χ2v) is 9.60. The highest BCUT2D eigenvalue weighted by atomic mass is 19.1. The fourth-order valence-electron chi connectivity index (χ4n) is 5.94. The lowest BCUT2D eigenvalue weighted by molar-refractivity contribution is -0.172. The van der Waals surface area contributed by atoms with Gasteiger partial charge in [0.25, 0.3) is 5.56 Å². The quantitative estimate of drug-likeness (QED) is 0.430. The molecule has 6 rings (SSSR count). The molecule has 1 amide bonds. The van der Waals surface area contributed by atoms with Gasteiger partial charge >= 0.3 is 5.97 Å². The van der Waals surface area contributed by atoms with Gasteiger partial charge in [-0.3, -0.25) is 9.59 Å². The molecule has 4 heterocycles. The number of halogens is 1. The van der Waals surface area contributed by atoms with Gasteiger partial charge in [-0.25, -0.2) is 14.2 Å². The molecule has 180 valence electrons. The lowest BCUT2D eigenvalue weighted by atomic mass is 9.81. The van der Waals surface area contributed by atoms with Gasteiger partial charge in [0.15, 0.2) is 5.60 Å². The van der Waals surface area contributed by atoms with Crippen molar-refractivity contribution < 1.29 is 23.8 Å². The predicted molar refractivity (Wildman–Crippen MR) is 124 cm³/mol. The highest BCUT2D eigenvalue weighted by molar-refractivity contribution is 5.93. The number of benzene rings is 1. The van der Waals surface area contributed by atoms with E-state index >= 15 is 0 Å². The molecule has 3 aromatic rings. The van der Waals surface area contributed by atoms with Crippen molar-refractivity contribution in [3.63, 3.8) is 0 Å². The summed E-state index contributed by atoms with van der Waals surface area (Å²) in [5.74, 6) is -1.32. The SMILES string of the molecule is CC[C@]1(O)C(=O)OCc2c1cc1n(c2=O)Cc2c-1nc1cc(F)c(C)c3c1c2[C@H](NC(C)=O)CC3. The van der Waals surface area contributed by atoms with Crippen LogP contribution < -0.4 is 10.9 Å². The summed E-state index contributed by atoms with van der Waals surface area (Å²) in [6, 6.07) is 2.73. The maximum absolute atomic E-state index is 14.8. The molecular weight excluding hydrogens is 453 g/mol. The van der Waals surface area contributed by atoms with Crippen molar-refractivity contribution in [2.75, 3.05) is 0 Å². The van der Waals surface area contributed by atoms with E-state index in [1.54, 1.807) is 24.5 Å². The van der Waals surface area contributed by atoms with E-state index < -0.39 is 11.6 Å². The van der Waals surface area contributed by atoms with Gasteiger partial charge in [0.1, 0.15) is 12.4 Å². The number of amides is 1. The summed E-state index contributed by atoms with van der Waals surface area (Å²) < 4.78 is 21.5. The van der Waals surface area contributed by atoms with Crippen molar-refractivity contribution in [1.29, 1.82) is 0 Å². The first-order chi connectivity index (χ1) is 16.7. The average Bonchev–Trinajstić information content (AvgIpc) is 3.19. The molecule has 35 heavy (non-hydrogen) atoms. The van der Waals surface area contributed by atoms with Crippen LogP contribution in [0, 0.1) is 12.7 Å². The first-order valence-corrected chi connectivity index (χ1v) is 11.7. The highest BCUT2D eigenvalue weighted by Crippen LogP contribution is 2.45. The molecule has 0 radical (unpaired) electrons. The molecule has 1 aliphatic carbocycles. The number of cyclic esters (lactones) is 1. The Labute approximate surface area is 199 Å². The number of nitrogens with one attached hydrogen (secondary N) is 1. The molecule has 8 nitrogen and oxygen atoms in total. The number of hydrogen-bond donors (Lipinski definition) is 2. The number of ether oxygens (including phenoxy) is 1. The van der Waals surface area contributed by atoms with Crippen LogP contribution in [0.5, 0.6) is 0 Å². The molecule has 0 saturated heterocycles.